The summed E-state index contributed by atoms with van der Waals surface area (Å²) in [6.45, 7) is 2.30. The second-order valence-electron chi connectivity index (χ2n) is 6.85. The van der Waals surface area contributed by atoms with Gasteiger partial charge in [0.1, 0.15) is 5.82 Å². The molecule has 152 valence electrons. The van der Waals surface area contributed by atoms with Crippen molar-refractivity contribution in [2.24, 2.45) is 0 Å². The molecule has 0 bridgehead atoms. The predicted molar refractivity (Wildman–Crippen MR) is 109 cm³/mol. The quantitative estimate of drug-likeness (QED) is 0.464. The molecule has 0 aliphatic heterocycles. The molecule has 0 aliphatic rings. The molecule has 1 amide bonds. The van der Waals surface area contributed by atoms with Crippen LogP contribution in [0.25, 0.3) is 22.8 Å². The Morgan fingerprint density at radius 3 is 2.80 bits per heavy atom. The van der Waals surface area contributed by atoms with Crippen molar-refractivity contribution in [1.82, 2.24) is 35.6 Å². The molecule has 0 aliphatic carbocycles. The summed E-state index contributed by atoms with van der Waals surface area (Å²) in [7, 11) is 0. The van der Waals surface area contributed by atoms with E-state index in [2.05, 4.69) is 35.6 Å². The second kappa shape index (κ2) is 9.08. The summed E-state index contributed by atoms with van der Waals surface area (Å²) in [5, 5.41) is 13.8. The summed E-state index contributed by atoms with van der Waals surface area (Å²) in [6, 6.07) is 11.6. The minimum Gasteiger partial charge on any atom is -0.349 e. The van der Waals surface area contributed by atoms with Gasteiger partial charge in [-0.3, -0.25) is 14.9 Å². The van der Waals surface area contributed by atoms with Crippen molar-refractivity contribution in [3.63, 3.8) is 0 Å². The van der Waals surface area contributed by atoms with Crippen molar-refractivity contribution in [3.05, 3.63) is 66.1 Å². The lowest BCUT2D eigenvalue weighted by Gasteiger charge is -2.01. The summed E-state index contributed by atoms with van der Waals surface area (Å²) in [4.78, 5) is 24.9. The van der Waals surface area contributed by atoms with Crippen LogP contribution < -0.4 is 5.32 Å². The minimum absolute atomic E-state index is 0.0738. The molecule has 0 unspecified atom stereocenters. The van der Waals surface area contributed by atoms with Gasteiger partial charge < -0.3 is 9.84 Å². The fourth-order valence-electron chi connectivity index (χ4n) is 2.93. The van der Waals surface area contributed by atoms with Crippen LogP contribution in [0.2, 0.25) is 0 Å². The lowest BCUT2D eigenvalue weighted by atomic mass is 10.1. The van der Waals surface area contributed by atoms with Crippen molar-refractivity contribution < 1.29 is 9.32 Å². The fraction of sp³-hybridized carbons (Fsp3) is 0.238. The van der Waals surface area contributed by atoms with Crippen LogP contribution in [0.5, 0.6) is 0 Å². The summed E-state index contributed by atoms with van der Waals surface area (Å²) in [6.07, 6.45) is 4.87. The van der Waals surface area contributed by atoms with Crippen LogP contribution in [-0.4, -0.2) is 36.2 Å². The van der Waals surface area contributed by atoms with Gasteiger partial charge in [0, 0.05) is 36.4 Å². The van der Waals surface area contributed by atoms with Crippen molar-refractivity contribution in [1.29, 1.82) is 0 Å². The molecule has 4 aromatic rings. The van der Waals surface area contributed by atoms with Crippen LogP contribution in [0.1, 0.15) is 30.1 Å². The maximum absolute atomic E-state index is 12.1. The van der Waals surface area contributed by atoms with E-state index in [9.17, 15) is 4.79 Å². The van der Waals surface area contributed by atoms with Crippen LogP contribution in [0.3, 0.4) is 0 Å². The molecule has 0 saturated carbocycles. The van der Waals surface area contributed by atoms with Crippen LogP contribution in [0.4, 0.5) is 0 Å². The Morgan fingerprint density at radius 2 is 1.97 bits per heavy atom. The topological polar surface area (TPSA) is 122 Å². The Morgan fingerprint density at radius 1 is 1.10 bits per heavy atom. The average Bonchev–Trinajstić information content (AvgIpc) is 3.43. The number of rotatable bonds is 8. The van der Waals surface area contributed by atoms with Crippen molar-refractivity contribution in [2.75, 3.05) is 0 Å². The summed E-state index contributed by atoms with van der Waals surface area (Å²) < 4.78 is 5.29. The first kappa shape index (κ1) is 19.4. The first-order valence-electron chi connectivity index (χ1n) is 9.65. The molecule has 3 aromatic heterocycles. The Balaban J connectivity index is 1.22. The van der Waals surface area contributed by atoms with Gasteiger partial charge in [0.15, 0.2) is 5.82 Å². The first-order valence-corrected chi connectivity index (χ1v) is 9.65. The van der Waals surface area contributed by atoms with E-state index in [-0.39, 0.29) is 12.5 Å². The number of carbonyl (C=O) groups is 1. The number of amides is 1. The predicted octanol–water partition coefficient (Wildman–Crippen LogP) is 2.86. The fourth-order valence-corrected chi connectivity index (χ4v) is 2.93. The normalized spacial score (nSPS) is 10.8. The zero-order valence-electron chi connectivity index (χ0n) is 16.5. The monoisotopic (exact) mass is 403 g/mol. The number of nitrogens with one attached hydrogen (secondary N) is 2. The van der Waals surface area contributed by atoms with E-state index in [0.717, 1.165) is 16.7 Å². The summed E-state index contributed by atoms with van der Waals surface area (Å²) in [5.41, 5.74) is 2.92. The molecule has 4 rings (SSSR count). The molecule has 0 radical (unpaired) electrons. The third kappa shape index (κ3) is 4.93. The molecule has 9 heteroatoms. The lowest BCUT2D eigenvalue weighted by Crippen LogP contribution is -2.23. The zero-order chi connectivity index (χ0) is 20.8. The molecule has 0 spiro atoms. The van der Waals surface area contributed by atoms with Gasteiger partial charge in [0.2, 0.25) is 17.6 Å². The van der Waals surface area contributed by atoms with Crippen LogP contribution >= 0.6 is 0 Å². The molecule has 2 N–H and O–H groups in total. The highest BCUT2D eigenvalue weighted by atomic mass is 16.5. The van der Waals surface area contributed by atoms with Gasteiger partial charge >= 0.3 is 0 Å². The van der Waals surface area contributed by atoms with E-state index < -0.39 is 0 Å². The largest absolute Gasteiger partial charge is 0.349 e. The van der Waals surface area contributed by atoms with Gasteiger partial charge in [-0.05, 0) is 31.5 Å². The highest BCUT2D eigenvalue weighted by Crippen LogP contribution is 2.17. The maximum Gasteiger partial charge on any atom is 0.226 e. The standard InChI is InChI=1S/C21H21N7O2/c1-14-4-2-5-16(12-14)21-25-19(30-28-21)7-3-6-18(29)23-13-17-24-20(27-26-17)15-8-10-22-11-9-15/h2,4-5,8-12H,3,6-7,13H2,1H3,(H,23,29)(H,24,26,27). The SMILES string of the molecule is Cc1cccc(-c2noc(CCCC(=O)NCc3nc(-c4ccncc4)n[nH]3)n2)c1. The lowest BCUT2D eigenvalue weighted by molar-refractivity contribution is -0.121. The minimum atomic E-state index is -0.0738. The Hall–Kier alpha value is -3.88. The number of aryl methyl sites for hydroxylation is 2. The summed E-state index contributed by atoms with van der Waals surface area (Å²) >= 11 is 0. The molecule has 3 heterocycles. The van der Waals surface area contributed by atoms with Crippen molar-refractivity contribution in [3.8, 4) is 22.8 Å². The molecule has 30 heavy (non-hydrogen) atoms. The van der Waals surface area contributed by atoms with Crippen molar-refractivity contribution >= 4 is 5.91 Å². The number of hydrogen-bond donors (Lipinski definition) is 2. The Labute approximate surface area is 173 Å². The number of aromatic amines is 1. The molecule has 9 nitrogen and oxygen atoms in total. The number of H-pyrrole nitrogens is 1. The zero-order valence-corrected chi connectivity index (χ0v) is 16.5. The smallest absolute Gasteiger partial charge is 0.226 e. The van der Waals surface area contributed by atoms with Crippen LogP contribution in [-0.2, 0) is 17.8 Å². The summed E-state index contributed by atoms with van der Waals surface area (Å²) in [5.74, 6) is 2.18. The van der Waals surface area contributed by atoms with Crippen molar-refractivity contribution in [2.45, 2.75) is 32.7 Å². The molecular formula is C21H21N7O2. The van der Waals surface area contributed by atoms with Crippen LogP contribution in [0, 0.1) is 6.92 Å². The number of benzene rings is 1. The third-order valence-electron chi connectivity index (χ3n) is 4.46. The maximum atomic E-state index is 12.1. The molecule has 0 fully saturated rings. The van der Waals surface area contributed by atoms with Gasteiger partial charge in [0.05, 0.1) is 6.54 Å². The second-order valence-corrected chi connectivity index (χ2v) is 6.85. The first-order chi connectivity index (χ1) is 14.7. The van der Waals surface area contributed by atoms with Gasteiger partial charge in [-0.15, -0.1) is 0 Å². The molecule has 0 saturated heterocycles. The number of aromatic nitrogens is 6. The molecular weight excluding hydrogens is 382 g/mol. The third-order valence-corrected chi connectivity index (χ3v) is 4.46. The average molecular weight is 403 g/mol. The van der Waals surface area contributed by atoms with Gasteiger partial charge in [0.25, 0.3) is 0 Å². The van der Waals surface area contributed by atoms with Gasteiger partial charge in [-0.2, -0.15) is 10.1 Å². The van der Waals surface area contributed by atoms with E-state index in [1.54, 1.807) is 12.4 Å². The highest BCUT2D eigenvalue weighted by molar-refractivity contribution is 5.75. The van der Waals surface area contributed by atoms with E-state index in [1.807, 2.05) is 43.3 Å². The van der Waals surface area contributed by atoms with E-state index in [4.69, 9.17) is 4.52 Å². The van der Waals surface area contributed by atoms with E-state index >= 15 is 0 Å². The highest BCUT2D eigenvalue weighted by Gasteiger charge is 2.11. The van der Waals surface area contributed by atoms with E-state index in [1.165, 1.54) is 0 Å². The van der Waals surface area contributed by atoms with Gasteiger partial charge in [-0.1, -0.05) is 28.9 Å². The van der Waals surface area contributed by atoms with E-state index in [0.29, 0.717) is 42.6 Å². The molecule has 0 atom stereocenters. The van der Waals surface area contributed by atoms with Crippen LogP contribution in [0.15, 0.2) is 53.3 Å². The Bertz CT molecular complexity index is 1120. The molecule has 1 aromatic carbocycles. The number of nitrogens with zero attached hydrogens (tertiary/aromatic N) is 5. The number of pyridine rings is 1. The van der Waals surface area contributed by atoms with Gasteiger partial charge in [-0.25, -0.2) is 4.98 Å². The Kier molecular flexibility index (Phi) is 5.88. The number of carbonyl (C=O) groups excluding carboxylic acids is 1. The number of hydrogen-bond acceptors (Lipinski definition) is 7.